The first-order valence-electron chi connectivity index (χ1n) is 11.4. The van der Waals surface area contributed by atoms with E-state index in [2.05, 4.69) is 0 Å². The number of piperidine rings is 1. The van der Waals surface area contributed by atoms with Crippen molar-refractivity contribution in [3.63, 3.8) is 0 Å². The minimum Gasteiger partial charge on any atom is -0.444 e. The number of aryl methyl sites for hydroxylation is 1. The summed E-state index contributed by atoms with van der Waals surface area (Å²) >= 11 is 0. The molecule has 2 aromatic carbocycles. The topological polar surface area (TPSA) is 112 Å². The smallest absolute Gasteiger partial charge is 0.410 e. The van der Waals surface area contributed by atoms with Crippen LogP contribution in [0.5, 0.6) is 0 Å². The Hall–Kier alpha value is -2.50. The van der Waals surface area contributed by atoms with E-state index in [-0.39, 0.29) is 18.0 Å². The second kappa shape index (κ2) is 9.87. The van der Waals surface area contributed by atoms with Crippen molar-refractivity contribution in [3.05, 3.63) is 65.7 Å². The molecule has 0 bridgehead atoms. The predicted molar refractivity (Wildman–Crippen MR) is 126 cm³/mol. The summed E-state index contributed by atoms with van der Waals surface area (Å²) < 4.78 is 48.9. The van der Waals surface area contributed by atoms with Crippen molar-refractivity contribution in [2.75, 3.05) is 13.2 Å². The number of ether oxygens (including phenoxy) is 3. The summed E-state index contributed by atoms with van der Waals surface area (Å²) in [4.78, 5) is 14.3. The molecule has 0 aromatic heterocycles. The van der Waals surface area contributed by atoms with Crippen molar-refractivity contribution in [1.29, 1.82) is 0 Å². The van der Waals surface area contributed by atoms with Crippen LogP contribution in [0.2, 0.25) is 0 Å². The zero-order valence-corrected chi connectivity index (χ0v) is 21.0. The first kappa shape index (κ1) is 25.6. The maximum atomic E-state index is 13.1. The Morgan fingerprint density at radius 2 is 1.74 bits per heavy atom. The highest BCUT2D eigenvalue weighted by molar-refractivity contribution is 7.86. The van der Waals surface area contributed by atoms with Crippen LogP contribution in [0, 0.1) is 6.92 Å². The minimum atomic E-state index is -4.22. The molecule has 0 radical (unpaired) electrons. The molecule has 2 heterocycles. The lowest BCUT2D eigenvalue weighted by molar-refractivity contribution is -0.282. The van der Waals surface area contributed by atoms with Gasteiger partial charge in [-0.2, -0.15) is 8.42 Å². The molecule has 2 aliphatic rings. The molecule has 2 fully saturated rings. The third-order valence-electron chi connectivity index (χ3n) is 5.83. The average molecular weight is 506 g/mol. The van der Waals surface area contributed by atoms with E-state index < -0.39 is 52.5 Å². The summed E-state index contributed by atoms with van der Waals surface area (Å²) in [6.07, 6.45) is -5.04. The zero-order chi connectivity index (χ0) is 25.4. The first-order valence-corrected chi connectivity index (χ1v) is 12.8. The van der Waals surface area contributed by atoms with E-state index in [4.69, 9.17) is 18.4 Å². The van der Waals surface area contributed by atoms with Crippen LogP contribution in [0.3, 0.4) is 0 Å². The van der Waals surface area contributed by atoms with Crippen LogP contribution in [0.25, 0.3) is 0 Å². The molecular formula is C25H31NO8S. The Bertz CT molecular complexity index is 1130. The normalized spacial score (nSPS) is 27.2. The van der Waals surface area contributed by atoms with E-state index in [0.717, 1.165) is 11.1 Å². The van der Waals surface area contributed by atoms with Crippen LogP contribution < -0.4 is 0 Å². The lowest BCUT2D eigenvalue weighted by atomic mass is 9.93. The zero-order valence-electron chi connectivity index (χ0n) is 20.2. The fourth-order valence-corrected chi connectivity index (χ4v) is 5.18. The number of carbonyl (C=O) groups is 1. The van der Waals surface area contributed by atoms with Gasteiger partial charge in [-0.05, 0) is 39.8 Å². The molecule has 5 atom stereocenters. The molecule has 1 amide bonds. The molecule has 0 aliphatic carbocycles. The second-order valence-corrected chi connectivity index (χ2v) is 11.3. The number of benzene rings is 2. The molecular weight excluding hydrogens is 474 g/mol. The van der Waals surface area contributed by atoms with Crippen LogP contribution in [0.1, 0.15) is 38.2 Å². The van der Waals surface area contributed by atoms with Gasteiger partial charge in [0.25, 0.3) is 10.1 Å². The fraction of sp³-hybridized carbons (Fsp3) is 0.480. The number of aliphatic hydroxyl groups excluding tert-OH is 1. The van der Waals surface area contributed by atoms with Gasteiger partial charge in [0.2, 0.25) is 0 Å². The molecule has 0 spiro atoms. The van der Waals surface area contributed by atoms with Crippen molar-refractivity contribution in [2.45, 2.75) is 68.8 Å². The Labute approximate surface area is 205 Å². The Morgan fingerprint density at radius 1 is 1.09 bits per heavy atom. The van der Waals surface area contributed by atoms with E-state index in [1.165, 1.54) is 17.0 Å². The van der Waals surface area contributed by atoms with E-state index in [9.17, 15) is 18.3 Å². The van der Waals surface area contributed by atoms with Crippen LogP contribution in [0.15, 0.2) is 59.5 Å². The number of aliphatic hydroxyl groups is 1. The van der Waals surface area contributed by atoms with Gasteiger partial charge in [-0.3, -0.25) is 9.08 Å². The molecule has 0 unspecified atom stereocenters. The van der Waals surface area contributed by atoms with Gasteiger partial charge >= 0.3 is 6.09 Å². The second-order valence-electron chi connectivity index (χ2n) is 9.77. The largest absolute Gasteiger partial charge is 0.444 e. The molecule has 1 N–H and O–H groups in total. The van der Waals surface area contributed by atoms with E-state index in [1.54, 1.807) is 32.9 Å². The molecule has 190 valence electrons. The van der Waals surface area contributed by atoms with Gasteiger partial charge < -0.3 is 19.3 Å². The highest BCUT2D eigenvalue weighted by atomic mass is 32.2. The van der Waals surface area contributed by atoms with Crippen molar-refractivity contribution < 1.29 is 36.7 Å². The summed E-state index contributed by atoms with van der Waals surface area (Å²) in [5.41, 5.74) is 0.844. The lowest BCUT2D eigenvalue weighted by Crippen LogP contribution is -2.67. The number of hydrogen-bond donors (Lipinski definition) is 1. The van der Waals surface area contributed by atoms with E-state index in [0.29, 0.717) is 0 Å². The van der Waals surface area contributed by atoms with Crippen molar-refractivity contribution >= 4 is 16.2 Å². The SMILES string of the molecule is Cc1ccc(S(=O)(=O)O[C@H]2CN(C(=O)OC(C)(C)C)[C@@H]3CO[C@H](c4ccccc4)O[C@H]3[C@@H]2O)cc1. The van der Waals surface area contributed by atoms with Gasteiger partial charge in [-0.1, -0.05) is 48.0 Å². The summed E-state index contributed by atoms with van der Waals surface area (Å²) in [5, 5.41) is 11.2. The van der Waals surface area contributed by atoms with Crippen molar-refractivity contribution in [2.24, 2.45) is 0 Å². The maximum Gasteiger partial charge on any atom is 0.410 e. The Kier molecular flexibility index (Phi) is 7.21. The van der Waals surface area contributed by atoms with Gasteiger partial charge in [-0.25, -0.2) is 4.79 Å². The fourth-order valence-electron chi connectivity index (χ4n) is 4.10. The standard InChI is InChI=1S/C25H31NO8S/c1-16-10-12-18(13-11-16)35(29,30)34-20-14-26(24(28)33-25(2,3)4)19-15-31-23(32-22(19)21(20)27)17-8-6-5-7-9-17/h5-13,19-23,27H,14-15H2,1-4H3/t19-,20+,21-,22-,23+/m1/s1. The number of fused-ring (bicyclic) bond motifs is 1. The minimum absolute atomic E-state index is 0.0451. The molecule has 2 aromatic rings. The molecule has 0 saturated carbocycles. The van der Waals surface area contributed by atoms with Crippen LogP contribution in [-0.4, -0.2) is 67.6 Å². The van der Waals surface area contributed by atoms with Gasteiger partial charge in [0.1, 0.15) is 23.9 Å². The highest BCUT2D eigenvalue weighted by Crippen LogP contribution is 2.35. The third-order valence-corrected chi connectivity index (χ3v) is 7.18. The average Bonchev–Trinajstić information content (AvgIpc) is 2.80. The van der Waals surface area contributed by atoms with Crippen LogP contribution >= 0.6 is 0 Å². The number of carbonyl (C=O) groups excluding carboxylic acids is 1. The molecule has 9 nitrogen and oxygen atoms in total. The number of nitrogens with zero attached hydrogens (tertiary/aromatic N) is 1. The summed E-state index contributed by atoms with van der Waals surface area (Å²) in [7, 11) is -4.22. The van der Waals surface area contributed by atoms with Gasteiger partial charge in [0.05, 0.1) is 24.1 Å². The monoisotopic (exact) mass is 505 g/mol. The first-order chi connectivity index (χ1) is 16.4. The van der Waals surface area contributed by atoms with Crippen molar-refractivity contribution in [1.82, 2.24) is 4.90 Å². The third kappa shape index (κ3) is 5.84. The summed E-state index contributed by atoms with van der Waals surface area (Å²) in [5.74, 6) is 0. The Morgan fingerprint density at radius 3 is 2.37 bits per heavy atom. The quantitative estimate of drug-likeness (QED) is 0.631. The number of amides is 1. The highest BCUT2D eigenvalue weighted by Gasteiger charge is 2.51. The van der Waals surface area contributed by atoms with Crippen LogP contribution in [0.4, 0.5) is 4.79 Å². The van der Waals surface area contributed by atoms with E-state index >= 15 is 0 Å². The molecule has 4 rings (SSSR count). The van der Waals surface area contributed by atoms with Gasteiger partial charge in [0, 0.05) is 5.56 Å². The molecule has 2 aliphatic heterocycles. The number of hydrogen-bond acceptors (Lipinski definition) is 8. The molecule has 10 heteroatoms. The van der Waals surface area contributed by atoms with Gasteiger partial charge in [-0.15, -0.1) is 0 Å². The number of likely N-dealkylation sites (tertiary alicyclic amines) is 1. The molecule has 35 heavy (non-hydrogen) atoms. The van der Waals surface area contributed by atoms with Crippen molar-refractivity contribution in [3.8, 4) is 0 Å². The van der Waals surface area contributed by atoms with Gasteiger partial charge in [0.15, 0.2) is 6.29 Å². The molecule has 2 saturated heterocycles. The maximum absolute atomic E-state index is 13.1. The van der Waals surface area contributed by atoms with Crippen LogP contribution in [-0.2, 0) is 28.5 Å². The summed E-state index contributed by atoms with van der Waals surface area (Å²) in [6, 6.07) is 14.7. The number of rotatable bonds is 4. The Balaban J connectivity index is 1.62. The summed E-state index contributed by atoms with van der Waals surface area (Å²) in [6.45, 7) is 6.89. The predicted octanol–water partition coefficient (Wildman–Crippen LogP) is 3.16. The lowest BCUT2D eigenvalue weighted by Gasteiger charge is -2.49. The van der Waals surface area contributed by atoms with E-state index in [1.807, 2.05) is 37.3 Å².